The molecular formula is C12H15FO2. The van der Waals surface area contributed by atoms with Crippen molar-refractivity contribution in [3.8, 4) is 0 Å². The molecule has 0 aromatic heterocycles. The SMILES string of the molecule is CC(O)[C@@]1(c2cccc(F)c2)C[C@H]1CO. The molecule has 0 amide bonds. The van der Waals surface area contributed by atoms with Crippen molar-refractivity contribution < 1.29 is 14.6 Å². The largest absolute Gasteiger partial charge is 0.396 e. The zero-order chi connectivity index (χ0) is 11.1. The summed E-state index contributed by atoms with van der Waals surface area (Å²) in [6.45, 7) is 1.74. The first-order valence-corrected chi connectivity index (χ1v) is 5.16. The fraction of sp³-hybridized carbons (Fsp3) is 0.500. The molecule has 1 aromatic carbocycles. The van der Waals surface area contributed by atoms with Gasteiger partial charge in [-0.05, 0) is 37.0 Å². The molecule has 2 nitrogen and oxygen atoms in total. The Bertz CT molecular complexity index is 364. The Hall–Kier alpha value is -0.930. The Morgan fingerprint density at radius 2 is 2.33 bits per heavy atom. The van der Waals surface area contributed by atoms with Crippen LogP contribution in [-0.2, 0) is 5.41 Å². The number of aliphatic hydroxyl groups is 2. The van der Waals surface area contributed by atoms with E-state index in [2.05, 4.69) is 0 Å². The molecule has 3 heteroatoms. The van der Waals surface area contributed by atoms with Crippen LogP contribution >= 0.6 is 0 Å². The fourth-order valence-electron chi connectivity index (χ4n) is 2.46. The second-order valence-electron chi connectivity index (χ2n) is 4.31. The maximum Gasteiger partial charge on any atom is 0.123 e. The molecule has 0 radical (unpaired) electrons. The van der Waals surface area contributed by atoms with Crippen LogP contribution in [0.5, 0.6) is 0 Å². The summed E-state index contributed by atoms with van der Waals surface area (Å²) in [6, 6.07) is 6.28. The van der Waals surface area contributed by atoms with Gasteiger partial charge in [-0.25, -0.2) is 4.39 Å². The van der Waals surface area contributed by atoms with Gasteiger partial charge in [0.15, 0.2) is 0 Å². The summed E-state index contributed by atoms with van der Waals surface area (Å²) < 4.78 is 13.1. The number of hydrogen-bond donors (Lipinski definition) is 2. The second kappa shape index (κ2) is 3.58. The van der Waals surface area contributed by atoms with Crippen LogP contribution in [0.25, 0.3) is 0 Å². The van der Waals surface area contributed by atoms with Crippen molar-refractivity contribution in [1.29, 1.82) is 0 Å². The first-order chi connectivity index (χ1) is 7.11. The molecule has 1 saturated carbocycles. The van der Waals surface area contributed by atoms with Crippen molar-refractivity contribution in [2.45, 2.75) is 24.9 Å². The smallest absolute Gasteiger partial charge is 0.123 e. The number of benzene rings is 1. The van der Waals surface area contributed by atoms with Crippen LogP contribution in [0.3, 0.4) is 0 Å². The standard InChI is InChI=1S/C12H15FO2/c1-8(15)12(6-10(12)7-14)9-3-2-4-11(13)5-9/h2-5,8,10,14-15H,6-7H2,1H3/t8?,10-,12+/m0/s1. The Morgan fingerprint density at radius 3 is 2.80 bits per heavy atom. The third kappa shape index (κ3) is 1.56. The van der Waals surface area contributed by atoms with Gasteiger partial charge in [-0.15, -0.1) is 0 Å². The minimum atomic E-state index is -0.559. The van der Waals surface area contributed by atoms with Crippen molar-refractivity contribution in [3.05, 3.63) is 35.6 Å². The van der Waals surface area contributed by atoms with Crippen LogP contribution in [-0.4, -0.2) is 22.9 Å². The Kier molecular flexibility index (Phi) is 2.52. The van der Waals surface area contributed by atoms with E-state index in [0.29, 0.717) is 0 Å². The van der Waals surface area contributed by atoms with E-state index in [-0.39, 0.29) is 18.3 Å². The summed E-state index contributed by atoms with van der Waals surface area (Å²) in [6.07, 6.45) is 0.168. The lowest BCUT2D eigenvalue weighted by molar-refractivity contribution is 0.131. The molecule has 1 aliphatic rings. The van der Waals surface area contributed by atoms with Crippen molar-refractivity contribution in [2.24, 2.45) is 5.92 Å². The Morgan fingerprint density at radius 1 is 1.60 bits per heavy atom. The zero-order valence-electron chi connectivity index (χ0n) is 8.65. The molecule has 1 aromatic rings. The lowest BCUT2D eigenvalue weighted by atomic mass is 9.88. The summed E-state index contributed by atoms with van der Waals surface area (Å²) >= 11 is 0. The molecule has 0 bridgehead atoms. The lowest BCUT2D eigenvalue weighted by Crippen LogP contribution is -2.26. The molecule has 15 heavy (non-hydrogen) atoms. The third-order valence-electron chi connectivity index (χ3n) is 3.48. The van der Waals surface area contributed by atoms with Gasteiger partial charge in [-0.3, -0.25) is 0 Å². The van der Waals surface area contributed by atoms with Gasteiger partial charge >= 0.3 is 0 Å². The monoisotopic (exact) mass is 210 g/mol. The number of aliphatic hydroxyl groups excluding tert-OH is 2. The van der Waals surface area contributed by atoms with E-state index in [1.165, 1.54) is 12.1 Å². The third-order valence-corrected chi connectivity index (χ3v) is 3.48. The van der Waals surface area contributed by atoms with E-state index in [9.17, 15) is 9.50 Å². The van der Waals surface area contributed by atoms with Crippen molar-refractivity contribution in [3.63, 3.8) is 0 Å². The first kappa shape index (κ1) is 10.6. The minimum absolute atomic E-state index is 0.0431. The quantitative estimate of drug-likeness (QED) is 0.792. The summed E-state index contributed by atoms with van der Waals surface area (Å²) in [4.78, 5) is 0. The van der Waals surface area contributed by atoms with Gasteiger partial charge < -0.3 is 10.2 Å². The molecule has 1 aliphatic carbocycles. The molecule has 0 heterocycles. The van der Waals surface area contributed by atoms with Crippen molar-refractivity contribution in [1.82, 2.24) is 0 Å². The average Bonchev–Trinajstić information content (AvgIpc) is 2.93. The van der Waals surface area contributed by atoms with Gasteiger partial charge in [-0.1, -0.05) is 12.1 Å². The maximum atomic E-state index is 13.1. The second-order valence-corrected chi connectivity index (χ2v) is 4.31. The fourth-order valence-corrected chi connectivity index (χ4v) is 2.46. The van der Waals surface area contributed by atoms with Gasteiger partial charge in [0.25, 0.3) is 0 Å². The predicted molar refractivity (Wildman–Crippen MR) is 55.0 cm³/mol. The lowest BCUT2D eigenvalue weighted by Gasteiger charge is -2.21. The Labute approximate surface area is 88.4 Å². The van der Waals surface area contributed by atoms with Gasteiger partial charge in [0, 0.05) is 12.0 Å². The average molecular weight is 210 g/mol. The van der Waals surface area contributed by atoms with Gasteiger partial charge in [0.2, 0.25) is 0 Å². The molecule has 3 atom stereocenters. The topological polar surface area (TPSA) is 40.5 Å². The van der Waals surface area contributed by atoms with E-state index in [0.717, 1.165) is 12.0 Å². The van der Waals surface area contributed by atoms with Gasteiger partial charge in [0.1, 0.15) is 5.82 Å². The van der Waals surface area contributed by atoms with Gasteiger partial charge in [0.05, 0.1) is 6.10 Å². The molecule has 1 unspecified atom stereocenters. The highest BCUT2D eigenvalue weighted by atomic mass is 19.1. The molecule has 0 spiro atoms. The number of halogens is 1. The van der Waals surface area contributed by atoms with E-state index >= 15 is 0 Å². The van der Waals surface area contributed by atoms with E-state index in [4.69, 9.17) is 5.11 Å². The molecule has 1 fully saturated rings. The van der Waals surface area contributed by atoms with Crippen LogP contribution in [0.4, 0.5) is 4.39 Å². The van der Waals surface area contributed by atoms with Crippen LogP contribution in [0.1, 0.15) is 18.9 Å². The van der Waals surface area contributed by atoms with Crippen molar-refractivity contribution in [2.75, 3.05) is 6.61 Å². The zero-order valence-corrected chi connectivity index (χ0v) is 8.65. The van der Waals surface area contributed by atoms with Crippen LogP contribution in [0, 0.1) is 11.7 Å². The highest BCUT2D eigenvalue weighted by Crippen LogP contribution is 2.56. The molecule has 2 rings (SSSR count). The van der Waals surface area contributed by atoms with Crippen LogP contribution in [0.15, 0.2) is 24.3 Å². The van der Waals surface area contributed by atoms with Crippen LogP contribution in [0.2, 0.25) is 0 Å². The predicted octanol–water partition coefficient (Wildman–Crippen LogP) is 1.46. The number of rotatable bonds is 3. The molecule has 82 valence electrons. The molecule has 2 N–H and O–H groups in total. The van der Waals surface area contributed by atoms with E-state index in [1.54, 1.807) is 13.0 Å². The highest BCUT2D eigenvalue weighted by molar-refractivity contribution is 5.35. The van der Waals surface area contributed by atoms with Crippen LogP contribution < -0.4 is 0 Å². The summed E-state index contributed by atoms with van der Waals surface area (Å²) in [5, 5.41) is 18.9. The molecular weight excluding hydrogens is 195 g/mol. The van der Waals surface area contributed by atoms with E-state index < -0.39 is 11.5 Å². The normalized spacial score (nSPS) is 31.3. The summed E-state index contributed by atoms with van der Waals surface area (Å²) in [7, 11) is 0. The molecule has 0 aliphatic heterocycles. The first-order valence-electron chi connectivity index (χ1n) is 5.16. The minimum Gasteiger partial charge on any atom is -0.396 e. The van der Waals surface area contributed by atoms with Crippen molar-refractivity contribution >= 4 is 0 Å². The summed E-state index contributed by atoms with van der Waals surface area (Å²) in [5.74, 6) is -0.240. The van der Waals surface area contributed by atoms with Gasteiger partial charge in [-0.2, -0.15) is 0 Å². The number of hydrogen-bond acceptors (Lipinski definition) is 2. The summed E-state index contributed by atoms with van der Waals surface area (Å²) in [5.41, 5.74) is 0.355. The maximum absolute atomic E-state index is 13.1. The Balaban J connectivity index is 2.36. The highest BCUT2D eigenvalue weighted by Gasteiger charge is 2.58. The van der Waals surface area contributed by atoms with E-state index in [1.807, 2.05) is 6.07 Å². The molecule has 0 saturated heterocycles.